The molecule has 6 heteroatoms. The van der Waals surface area contributed by atoms with Gasteiger partial charge in [0.1, 0.15) is 0 Å². The summed E-state index contributed by atoms with van der Waals surface area (Å²) in [5, 5.41) is 3.64. The second-order valence-electron chi connectivity index (χ2n) is 6.66. The molecule has 0 amide bonds. The number of nitrogens with one attached hydrogen (secondary N) is 1. The van der Waals surface area contributed by atoms with Gasteiger partial charge in [-0.1, -0.05) is 0 Å². The van der Waals surface area contributed by atoms with E-state index in [1.807, 2.05) is 0 Å². The monoisotopic (exact) mass is 291 g/mol. The molecule has 1 N–H and O–H groups in total. The van der Waals surface area contributed by atoms with Gasteiger partial charge in [0.15, 0.2) is 0 Å². The molecule has 4 atom stereocenters. The van der Waals surface area contributed by atoms with Gasteiger partial charge in [-0.15, -0.1) is 0 Å². The third kappa shape index (κ3) is 3.65. The van der Waals surface area contributed by atoms with Crippen molar-refractivity contribution in [3.63, 3.8) is 0 Å². The highest BCUT2D eigenvalue weighted by atomic mass is 19.4. The SMILES string of the molecule is FC(F)(F)CN1CCC(CNC2CCN3CCC2C3)C1. The van der Waals surface area contributed by atoms with Crippen molar-refractivity contribution < 1.29 is 13.2 Å². The quantitative estimate of drug-likeness (QED) is 0.848. The Hall–Kier alpha value is -0.330. The van der Waals surface area contributed by atoms with Crippen LogP contribution in [0.5, 0.6) is 0 Å². The van der Waals surface area contributed by atoms with E-state index < -0.39 is 12.7 Å². The first-order valence-corrected chi connectivity index (χ1v) is 7.74. The molecule has 3 aliphatic rings. The van der Waals surface area contributed by atoms with Crippen LogP contribution in [0.15, 0.2) is 0 Å². The van der Waals surface area contributed by atoms with Crippen LogP contribution in [0.2, 0.25) is 0 Å². The van der Waals surface area contributed by atoms with Crippen molar-refractivity contribution in [2.75, 3.05) is 45.8 Å². The lowest BCUT2D eigenvalue weighted by Gasteiger charge is -2.32. The lowest BCUT2D eigenvalue weighted by molar-refractivity contribution is -0.143. The van der Waals surface area contributed by atoms with Gasteiger partial charge in [0, 0.05) is 19.1 Å². The van der Waals surface area contributed by atoms with Crippen LogP contribution in [0.3, 0.4) is 0 Å². The molecule has 0 aromatic rings. The summed E-state index contributed by atoms with van der Waals surface area (Å²) in [5.74, 6) is 1.15. The van der Waals surface area contributed by atoms with Crippen LogP contribution in [0, 0.1) is 11.8 Å². The largest absolute Gasteiger partial charge is 0.401 e. The predicted octanol–water partition coefficient (Wildman–Crippen LogP) is 1.55. The molecule has 0 aromatic carbocycles. The summed E-state index contributed by atoms with van der Waals surface area (Å²) >= 11 is 0. The van der Waals surface area contributed by atoms with Gasteiger partial charge in [-0.25, -0.2) is 0 Å². The summed E-state index contributed by atoms with van der Waals surface area (Å²) in [6.07, 6.45) is -0.683. The number of fused-ring (bicyclic) bond motifs is 2. The first-order valence-electron chi connectivity index (χ1n) is 7.74. The van der Waals surface area contributed by atoms with E-state index in [1.165, 1.54) is 32.5 Å². The minimum absolute atomic E-state index is 0.386. The van der Waals surface area contributed by atoms with Gasteiger partial charge in [0.25, 0.3) is 0 Å². The molecule has 3 saturated heterocycles. The summed E-state index contributed by atoms with van der Waals surface area (Å²) in [6.45, 7) is 4.94. The van der Waals surface area contributed by atoms with Crippen molar-refractivity contribution >= 4 is 0 Å². The fourth-order valence-corrected chi connectivity index (χ4v) is 4.01. The highest BCUT2D eigenvalue weighted by molar-refractivity contribution is 4.91. The van der Waals surface area contributed by atoms with Crippen molar-refractivity contribution in [3.8, 4) is 0 Å². The fraction of sp³-hybridized carbons (Fsp3) is 1.00. The molecule has 0 radical (unpaired) electrons. The summed E-state index contributed by atoms with van der Waals surface area (Å²) in [5.41, 5.74) is 0. The third-order valence-electron chi connectivity index (χ3n) is 5.08. The Kier molecular flexibility index (Phi) is 4.24. The van der Waals surface area contributed by atoms with Crippen molar-refractivity contribution in [3.05, 3.63) is 0 Å². The first kappa shape index (κ1) is 14.6. The Morgan fingerprint density at radius 1 is 1.00 bits per heavy atom. The second-order valence-corrected chi connectivity index (χ2v) is 6.66. The van der Waals surface area contributed by atoms with E-state index in [0.717, 1.165) is 18.9 Å². The molecular formula is C14H24F3N3. The molecule has 3 nitrogen and oxygen atoms in total. The van der Waals surface area contributed by atoms with E-state index in [4.69, 9.17) is 0 Å². The van der Waals surface area contributed by atoms with Gasteiger partial charge in [0.05, 0.1) is 6.54 Å². The van der Waals surface area contributed by atoms with Crippen molar-refractivity contribution in [1.82, 2.24) is 15.1 Å². The number of hydrogen-bond acceptors (Lipinski definition) is 3. The number of nitrogens with zero attached hydrogens (tertiary/aromatic N) is 2. The zero-order chi connectivity index (χ0) is 14.2. The van der Waals surface area contributed by atoms with Gasteiger partial charge in [-0.2, -0.15) is 13.2 Å². The lowest BCUT2D eigenvalue weighted by atomic mass is 9.93. The van der Waals surface area contributed by atoms with Crippen LogP contribution in [-0.2, 0) is 0 Å². The van der Waals surface area contributed by atoms with Crippen LogP contribution >= 0.6 is 0 Å². The molecule has 0 saturated carbocycles. The number of alkyl halides is 3. The van der Waals surface area contributed by atoms with Gasteiger partial charge >= 0.3 is 6.18 Å². The zero-order valence-corrected chi connectivity index (χ0v) is 11.8. The molecule has 3 fully saturated rings. The Bertz CT molecular complexity index is 334. The molecule has 4 unspecified atom stereocenters. The highest BCUT2D eigenvalue weighted by Crippen LogP contribution is 2.28. The third-order valence-corrected chi connectivity index (χ3v) is 5.08. The molecule has 2 bridgehead atoms. The number of halogens is 3. The normalized spacial score (nSPS) is 38.5. The summed E-state index contributed by atoms with van der Waals surface area (Å²) < 4.78 is 37.1. The average molecular weight is 291 g/mol. The van der Waals surface area contributed by atoms with Crippen LogP contribution in [-0.4, -0.2) is 67.8 Å². The van der Waals surface area contributed by atoms with Crippen LogP contribution in [0.4, 0.5) is 13.2 Å². The van der Waals surface area contributed by atoms with E-state index in [0.29, 0.717) is 25.0 Å². The molecule has 3 aliphatic heterocycles. The minimum atomic E-state index is -4.06. The highest BCUT2D eigenvalue weighted by Gasteiger charge is 2.36. The molecule has 116 valence electrons. The molecule has 0 aliphatic carbocycles. The second kappa shape index (κ2) is 5.81. The molecular weight excluding hydrogens is 267 g/mol. The number of likely N-dealkylation sites (tertiary alicyclic amines) is 1. The topological polar surface area (TPSA) is 18.5 Å². The predicted molar refractivity (Wildman–Crippen MR) is 71.6 cm³/mol. The molecule has 0 spiro atoms. The maximum absolute atomic E-state index is 12.4. The lowest BCUT2D eigenvalue weighted by Crippen LogP contribution is -2.45. The maximum atomic E-state index is 12.4. The fourth-order valence-electron chi connectivity index (χ4n) is 4.01. The zero-order valence-electron chi connectivity index (χ0n) is 11.8. The van der Waals surface area contributed by atoms with Gasteiger partial charge in [0.2, 0.25) is 0 Å². The Morgan fingerprint density at radius 2 is 1.80 bits per heavy atom. The maximum Gasteiger partial charge on any atom is 0.401 e. The number of piperidine rings is 1. The molecule has 3 heterocycles. The Balaban J connectivity index is 1.39. The van der Waals surface area contributed by atoms with Crippen LogP contribution < -0.4 is 5.32 Å². The Labute approximate surface area is 118 Å². The number of rotatable bonds is 4. The summed E-state index contributed by atoms with van der Waals surface area (Å²) in [4.78, 5) is 4.06. The van der Waals surface area contributed by atoms with E-state index in [-0.39, 0.29) is 0 Å². The van der Waals surface area contributed by atoms with E-state index >= 15 is 0 Å². The average Bonchev–Trinajstić information content (AvgIpc) is 2.95. The van der Waals surface area contributed by atoms with Gasteiger partial charge in [-0.05, 0) is 57.3 Å². The Morgan fingerprint density at radius 3 is 2.60 bits per heavy atom. The smallest absolute Gasteiger partial charge is 0.313 e. The van der Waals surface area contributed by atoms with E-state index in [9.17, 15) is 13.2 Å². The van der Waals surface area contributed by atoms with Crippen molar-refractivity contribution in [1.29, 1.82) is 0 Å². The van der Waals surface area contributed by atoms with Gasteiger partial charge < -0.3 is 10.2 Å². The van der Waals surface area contributed by atoms with Crippen LogP contribution in [0.25, 0.3) is 0 Å². The molecule has 20 heavy (non-hydrogen) atoms. The standard InChI is InChI=1S/C14H24F3N3/c15-14(16,17)10-20-4-1-11(8-20)7-18-13-3-6-19-5-2-12(13)9-19/h11-13,18H,1-10H2. The summed E-state index contributed by atoms with van der Waals surface area (Å²) in [7, 11) is 0. The van der Waals surface area contributed by atoms with Crippen molar-refractivity contribution in [2.24, 2.45) is 11.8 Å². The molecule has 0 aromatic heterocycles. The number of hydrogen-bond donors (Lipinski definition) is 1. The first-order chi connectivity index (χ1) is 9.49. The summed E-state index contributed by atoms with van der Waals surface area (Å²) in [6, 6.07) is 0.588. The van der Waals surface area contributed by atoms with E-state index in [1.54, 1.807) is 4.90 Å². The minimum Gasteiger partial charge on any atom is -0.313 e. The molecule has 3 rings (SSSR count). The van der Waals surface area contributed by atoms with Gasteiger partial charge in [-0.3, -0.25) is 4.90 Å². The van der Waals surface area contributed by atoms with Crippen LogP contribution in [0.1, 0.15) is 19.3 Å². The van der Waals surface area contributed by atoms with E-state index in [2.05, 4.69) is 10.2 Å². The van der Waals surface area contributed by atoms with Crippen molar-refractivity contribution in [2.45, 2.75) is 31.5 Å².